The van der Waals surface area contributed by atoms with Crippen molar-refractivity contribution in [2.45, 2.75) is 39.2 Å². The van der Waals surface area contributed by atoms with E-state index in [0.717, 1.165) is 0 Å². The highest BCUT2D eigenvalue weighted by molar-refractivity contribution is 4.68. The first kappa shape index (κ1) is 9.30. The summed E-state index contributed by atoms with van der Waals surface area (Å²) in [5.74, 6) is 0. The van der Waals surface area contributed by atoms with Crippen molar-refractivity contribution >= 4 is 0 Å². The average molecular weight is 167 g/mol. The van der Waals surface area contributed by atoms with Gasteiger partial charge in [0.15, 0.2) is 0 Å². The Kier molecular flexibility index (Phi) is 2.55. The van der Waals surface area contributed by atoms with Crippen LogP contribution in [0.15, 0.2) is 18.7 Å². The number of imidazole rings is 1. The van der Waals surface area contributed by atoms with Gasteiger partial charge in [-0.05, 0) is 20.3 Å². The van der Waals surface area contributed by atoms with Crippen molar-refractivity contribution in [1.29, 1.82) is 0 Å². The second-order valence-electron chi connectivity index (χ2n) is 4.05. The molecule has 1 heterocycles. The Morgan fingerprint density at radius 1 is 1.42 bits per heavy atom. The molecule has 12 heavy (non-hydrogen) atoms. The van der Waals surface area contributed by atoms with Crippen LogP contribution < -0.4 is 4.57 Å². The smallest absolute Gasteiger partial charge is 0.240 e. The Balaban J connectivity index is 2.81. The molecule has 0 amide bonds. The molecule has 0 atom stereocenters. The Morgan fingerprint density at radius 3 is 2.50 bits per heavy atom. The molecule has 0 saturated carbocycles. The van der Waals surface area contributed by atoms with Crippen LogP contribution in [0, 0.1) is 0 Å². The molecule has 0 aliphatic rings. The zero-order valence-electron chi connectivity index (χ0n) is 8.54. The van der Waals surface area contributed by atoms with Crippen LogP contribution in [0.5, 0.6) is 0 Å². The summed E-state index contributed by atoms with van der Waals surface area (Å²) in [5, 5.41) is 0. The van der Waals surface area contributed by atoms with Crippen molar-refractivity contribution in [3.8, 4) is 0 Å². The second kappa shape index (κ2) is 3.30. The van der Waals surface area contributed by atoms with Gasteiger partial charge in [0.2, 0.25) is 6.33 Å². The summed E-state index contributed by atoms with van der Waals surface area (Å²) in [6.45, 7) is 6.78. The van der Waals surface area contributed by atoms with E-state index < -0.39 is 0 Å². The molecule has 0 aliphatic carbocycles. The van der Waals surface area contributed by atoms with Crippen molar-refractivity contribution in [2.24, 2.45) is 7.05 Å². The number of aryl methyl sites for hydroxylation is 1. The van der Waals surface area contributed by atoms with Gasteiger partial charge in [-0.2, -0.15) is 0 Å². The standard InChI is InChI=1S/C10H19N2/c1-5-6-10(2,3)12-8-7-11(4)9-12/h7-9H,5-6H2,1-4H3/q+1. The minimum atomic E-state index is 0.260. The molecule has 68 valence electrons. The van der Waals surface area contributed by atoms with E-state index >= 15 is 0 Å². The molecule has 0 aromatic carbocycles. The molecular weight excluding hydrogens is 148 g/mol. The molecule has 1 aromatic rings. The van der Waals surface area contributed by atoms with Crippen LogP contribution in [-0.2, 0) is 12.6 Å². The summed E-state index contributed by atoms with van der Waals surface area (Å²) >= 11 is 0. The maximum atomic E-state index is 2.27. The molecular formula is C10H19N2+. The predicted molar refractivity (Wildman–Crippen MR) is 49.8 cm³/mol. The number of nitrogens with zero attached hydrogens (tertiary/aromatic N) is 2. The van der Waals surface area contributed by atoms with E-state index in [-0.39, 0.29) is 5.54 Å². The predicted octanol–water partition coefficient (Wildman–Crippen LogP) is 1.85. The molecule has 1 rings (SSSR count). The molecule has 2 nitrogen and oxygen atoms in total. The minimum absolute atomic E-state index is 0.260. The van der Waals surface area contributed by atoms with Crippen LogP contribution in [-0.4, -0.2) is 4.57 Å². The van der Waals surface area contributed by atoms with Gasteiger partial charge in [0.1, 0.15) is 17.9 Å². The van der Waals surface area contributed by atoms with Crippen LogP contribution in [0.25, 0.3) is 0 Å². The maximum absolute atomic E-state index is 2.27. The lowest BCUT2D eigenvalue weighted by atomic mass is 9.99. The zero-order valence-corrected chi connectivity index (χ0v) is 8.54. The third-order valence-corrected chi connectivity index (χ3v) is 2.33. The molecule has 0 aliphatic heterocycles. The number of hydrogen-bond acceptors (Lipinski definition) is 0. The third kappa shape index (κ3) is 1.87. The van der Waals surface area contributed by atoms with Crippen molar-refractivity contribution in [2.75, 3.05) is 0 Å². The highest BCUT2D eigenvalue weighted by Gasteiger charge is 2.23. The average Bonchev–Trinajstić information content (AvgIpc) is 2.36. The third-order valence-electron chi connectivity index (χ3n) is 2.33. The lowest BCUT2D eigenvalue weighted by Crippen LogP contribution is -2.50. The van der Waals surface area contributed by atoms with Crippen molar-refractivity contribution < 1.29 is 4.57 Å². The fraction of sp³-hybridized carbons (Fsp3) is 0.700. The zero-order chi connectivity index (χ0) is 9.19. The van der Waals surface area contributed by atoms with Crippen molar-refractivity contribution in [3.05, 3.63) is 18.7 Å². The minimum Gasteiger partial charge on any atom is -0.240 e. The Bertz CT molecular complexity index is 248. The first-order valence-electron chi connectivity index (χ1n) is 4.60. The summed E-state index contributed by atoms with van der Waals surface area (Å²) in [5.41, 5.74) is 0.260. The summed E-state index contributed by atoms with van der Waals surface area (Å²) in [6.07, 6.45) is 8.80. The van der Waals surface area contributed by atoms with Gasteiger partial charge in [-0.1, -0.05) is 13.3 Å². The van der Waals surface area contributed by atoms with Gasteiger partial charge in [0.05, 0.1) is 7.05 Å². The first-order valence-corrected chi connectivity index (χ1v) is 4.60. The highest BCUT2D eigenvalue weighted by atomic mass is 15.1. The molecule has 0 radical (unpaired) electrons. The number of rotatable bonds is 3. The molecule has 0 spiro atoms. The normalized spacial score (nSPS) is 12.0. The molecule has 2 heteroatoms. The lowest BCUT2D eigenvalue weighted by Gasteiger charge is -2.19. The quantitative estimate of drug-likeness (QED) is 0.607. The van der Waals surface area contributed by atoms with Gasteiger partial charge in [0.25, 0.3) is 0 Å². The van der Waals surface area contributed by atoms with Gasteiger partial charge in [-0.15, -0.1) is 0 Å². The molecule has 0 bridgehead atoms. The Morgan fingerprint density at radius 2 is 2.08 bits per heavy atom. The van der Waals surface area contributed by atoms with E-state index in [9.17, 15) is 0 Å². The monoisotopic (exact) mass is 167 g/mol. The van der Waals surface area contributed by atoms with E-state index in [1.54, 1.807) is 0 Å². The number of aromatic nitrogens is 2. The summed E-state index contributed by atoms with van der Waals surface area (Å²) in [6, 6.07) is 0. The van der Waals surface area contributed by atoms with Gasteiger partial charge in [0, 0.05) is 0 Å². The summed E-state index contributed by atoms with van der Waals surface area (Å²) < 4.78 is 4.36. The van der Waals surface area contributed by atoms with E-state index in [2.05, 4.69) is 55.7 Å². The van der Waals surface area contributed by atoms with Crippen molar-refractivity contribution in [3.63, 3.8) is 0 Å². The fourth-order valence-corrected chi connectivity index (χ4v) is 1.55. The SMILES string of the molecule is CCCC(C)(C)[n+]1ccn(C)c1. The van der Waals surface area contributed by atoms with E-state index in [0.29, 0.717) is 0 Å². The lowest BCUT2D eigenvalue weighted by molar-refractivity contribution is -0.758. The highest BCUT2D eigenvalue weighted by Crippen LogP contribution is 2.13. The number of hydrogen-bond donors (Lipinski definition) is 0. The maximum Gasteiger partial charge on any atom is 0.243 e. The largest absolute Gasteiger partial charge is 0.243 e. The van der Waals surface area contributed by atoms with Crippen LogP contribution in [0.2, 0.25) is 0 Å². The van der Waals surface area contributed by atoms with Gasteiger partial charge >= 0.3 is 0 Å². The molecule has 0 unspecified atom stereocenters. The molecule has 0 saturated heterocycles. The van der Waals surface area contributed by atoms with Crippen LogP contribution >= 0.6 is 0 Å². The Labute approximate surface area is 74.8 Å². The molecule has 0 N–H and O–H groups in total. The van der Waals surface area contributed by atoms with Gasteiger partial charge in [-0.3, -0.25) is 0 Å². The van der Waals surface area contributed by atoms with E-state index in [1.807, 2.05) is 0 Å². The second-order valence-corrected chi connectivity index (χ2v) is 4.05. The first-order chi connectivity index (χ1) is 5.56. The van der Waals surface area contributed by atoms with E-state index in [1.165, 1.54) is 12.8 Å². The van der Waals surface area contributed by atoms with Crippen LogP contribution in [0.1, 0.15) is 33.6 Å². The van der Waals surface area contributed by atoms with Gasteiger partial charge in [-0.25, -0.2) is 9.13 Å². The molecule has 0 fully saturated rings. The molecule has 1 aromatic heterocycles. The summed E-state index contributed by atoms with van der Waals surface area (Å²) in [4.78, 5) is 0. The van der Waals surface area contributed by atoms with E-state index in [4.69, 9.17) is 0 Å². The van der Waals surface area contributed by atoms with Crippen LogP contribution in [0.3, 0.4) is 0 Å². The van der Waals surface area contributed by atoms with Crippen molar-refractivity contribution in [1.82, 2.24) is 4.57 Å². The van der Waals surface area contributed by atoms with Gasteiger partial charge < -0.3 is 0 Å². The Hall–Kier alpha value is -0.790. The topological polar surface area (TPSA) is 8.81 Å². The van der Waals surface area contributed by atoms with Crippen LogP contribution in [0.4, 0.5) is 0 Å². The summed E-state index contributed by atoms with van der Waals surface area (Å²) in [7, 11) is 2.05. The fourth-order valence-electron chi connectivity index (χ4n) is 1.55.